The Morgan fingerprint density at radius 1 is 0.317 bits per heavy atom. The average Bonchev–Trinajstić information content (AvgIpc) is 1.14. The number of fused-ring (bicyclic) bond motifs is 19. The van der Waals surface area contributed by atoms with Gasteiger partial charge < -0.3 is 18.6 Å². The minimum atomic E-state index is 0.328. The van der Waals surface area contributed by atoms with Crippen LogP contribution in [0.2, 0.25) is 0 Å². The molecule has 4 nitrogen and oxygen atoms in total. The SMILES string of the molecule is C1=CC2=C(CC1)C1=CCC(c3ccc(N(c4ccc(-c5ccc6oc7ccccc7c6c5)cc4)c4ccc(-c5ccc(-c6ccc7c8ccccc8c8cc(-c9ccc(N(C%10=CC=C(c%11ccc%12oc%13ccccc%13c%12c%11)CC%10)C%10=CC=C(C%11C=c%12ccccc%12=CC%11)CC%10)cc9)ccc8c7c6)c6ccccc56)cc4)cc3)C=C1C1CCC=CC21. The van der Waals surface area contributed by atoms with Gasteiger partial charge in [-0.3, -0.25) is 0 Å². The van der Waals surface area contributed by atoms with Crippen LogP contribution in [0.5, 0.6) is 0 Å². The Hall–Kier alpha value is -14.1. The fraction of sp³-hybridized carbons (Fsp3) is 0.121. The molecule has 4 unspecified atom stereocenters. The monoisotopic (exact) mass is 1540 g/mol. The Morgan fingerprint density at radius 3 is 1.48 bits per heavy atom. The summed E-state index contributed by atoms with van der Waals surface area (Å²) >= 11 is 0. The Balaban J connectivity index is 0.544. The van der Waals surface area contributed by atoms with E-state index in [4.69, 9.17) is 8.83 Å². The predicted octanol–water partition coefficient (Wildman–Crippen LogP) is 30.3. The van der Waals surface area contributed by atoms with Crippen LogP contribution in [-0.2, 0) is 0 Å². The van der Waals surface area contributed by atoms with Gasteiger partial charge in [-0.15, -0.1) is 0 Å². The van der Waals surface area contributed by atoms with E-state index < -0.39 is 0 Å². The molecule has 24 rings (SSSR count). The summed E-state index contributed by atoms with van der Waals surface area (Å²) in [6, 6.07) is 113. The van der Waals surface area contributed by atoms with Gasteiger partial charge in [0.05, 0.1) is 0 Å². The fourth-order valence-electron chi connectivity index (χ4n) is 21.4. The molecule has 0 aliphatic heterocycles. The molecule has 7 aliphatic rings. The average molecular weight is 1540 g/mol. The minimum absolute atomic E-state index is 0.328. The molecule has 0 N–H and O–H groups in total. The van der Waals surface area contributed by atoms with Crippen LogP contribution in [0, 0.1) is 17.8 Å². The van der Waals surface area contributed by atoms with Gasteiger partial charge in [0.25, 0.3) is 0 Å². The number of hydrogen-bond donors (Lipinski definition) is 0. The van der Waals surface area contributed by atoms with Crippen molar-refractivity contribution in [1.82, 2.24) is 0 Å². The van der Waals surface area contributed by atoms with Crippen LogP contribution in [0.4, 0.5) is 22.7 Å². The molecule has 0 saturated carbocycles. The van der Waals surface area contributed by atoms with E-state index in [1.807, 2.05) is 12.1 Å². The highest BCUT2D eigenvalue weighted by molar-refractivity contribution is 6.26. The molecule has 4 atom stereocenters. The molecule has 17 aromatic rings. The van der Waals surface area contributed by atoms with Crippen molar-refractivity contribution in [2.45, 2.75) is 70.1 Å². The van der Waals surface area contributed by atoms with Crippen LogP contribution < -0.4 is 20.2 Å². The van der Waals surface area contributed by atoms with Gasteiger partial charge in [-0.2, -0.15) is 0 Å². The lowest BCUT2D eigenvalue weighted by Crippen LogP contribution is -2.29. The zero-order valence-corrected chi connectivity index (χ0v) is 66.9. The summed E-state index contributed by atoms with van der Waals surface area (Å²) in [6.07, 6.45) is 40.1. The Morgan fingerprint density at radius 2 is 0.817 bits per heavy atom. The van der Waals surface area contributed by atoms with Crippen LogP contribution >= 0.6 is 0 Å². The van der Waals surface area contributed by atoms with Gasteiger partial charge in [-0.25, -0.2) is 0 Å². The molecule has 120 heavy (non-hydrogen) atoms. The Bertz CT molecular complexity index is 7590. The van der Waals surface area contributed by atoms with E-state index in [0.717, 1.165) is 124 Å². The number of nitrogens with zero attached hydrogens (tertiary/aromatic N) is 2. The molecule has 7 aliphatic carbocycles. The first-order valence-electron chi connectivity index (χ1n) is 43.2. The number of anilines is 4. The van der Waals surface area contributed by atoms with Crippen molar-refractivity contribution in [1.29, 1.82) is 0 Å². The third kappa shape index (κ3) is 12.1. The summed E-state index contributed by atoms with van der Waals surface area (Å²) in [4.78, 5) is 4.99. The smallest absolute Gasteiger partial charge is 0.135 e. The molecule has 0 amide bonds. The summed E-state index contributed by atoms with van der Waals surface area (Å²) in [7, 11) is 0. The number of para-hydroxylation sites is 2. The molecule has 0 radical (unpaired) electrons. The van der Waals surface area contributed by atoms with Crippen molar-refractivity contribution in [2.75, 3.05) is 9.80 Å². The van der Waals surface area contributed by atoms with E-state index in [9.17, 15) is 0 Å². The second-order valence-corrected chi connectivity index (χ2v) is 34.0. The summed E-state index contributed by atoms with van der Waals surface area (Å²) < 4.78 is 12.5. The molecule has 0 saturated heterocycles. The lowest BCUT2D eigenvalue weighted by atomic mass is 9.62. The first-order chi connectivity index (χ1) is 59.4. The molecule has 0 fully saturated rings. The zero-order valence-electron chi connectivity index (χ0n) is 66.9. The number of furan rings is 2. The van der Waals surface area contributed by atoms with Crippen molar-refractivity contribution in [2.24, 2.45) is 17.8 Å². The van der Waals surface area contributed by atoms with E-state index in [2.05, 4.69) is 374 Å². The Kier molecular flexibility index (Phi) is 16.9. The second-order valence-electron chi connectivity index (χ2n) is 34.0. The highest BCUT2D eigenvalue weighted by atomic mass is 16.3. The number of rotatable bonds is 13. The zero-order chi connectivity index (χ0) is 78.9. The second kappa shape index (κ2) is 28.9. The largest absolute Gasteiger partial charge is 0.456 e. The number of benzene rings is 15. The van der Waals surface area contributed by atoms with Gasteiger partial charge in [-0.1, -0.05) is 273 Å². The lowest BCUT2D eigenvalue weighted by Gasteiger charge is -2.42. The van der Waals surface area contributed by atoms with Crippen LogP contribution in [0.25, 0.3) is 149 Å². The van der Waals surface area contributed by atoms with E-state index in [-0.39, 0.29) is 0 Å². The quantitative estimate of drug-likeness (QED) is 0.0851. The molecular formula is C116H86N2O2. The standard InChI is InChI=1S/C116H86N2O2/c1-2-16-80-67-81(30-29-73(80)15-1)74-31-48-87(49-32-74)117(89-54-37-77(38-55-89)84-46-65-115-111(70-84)106-25-11-13-27-113(106)119-115)88-50-35-76(36-51-88)83-44-61-105-109(69-83)102-24-10-8-22-100(102)104-62-45-86(72-110(104)105)94-64-63-93(95-17-3-4-18-96(94)95)79-41-58-92(59-42-79)118(91-56-39-78(40-57-91)85-47-66-116-112(71-85)107-26-12-14-28-114(107)120-116)90-52-33-75(34-53-90)82-43-60-103-99-21-6-5-19-97(99)98-20-7-9-23-101(98)108(103)68-82/h1-5,7-8,10-20,22,24-29,31,33-37,39-42,44-48,50-54,56-72,81-82,98,101H,6,9,21,23,30,32,38,43,49,55H2. The maximum Gasteiger partial charge on any atom is 0.135 e. The summed E-state index contributed by atoms with van der Waals surface area (Å²) in [5.74, 6) is 1.77. The first kappa shape index (κ1) is 70.2. The van der Waals surface area contributed by atoms with Crippen molar-refractivity contribution in [3.05, 3.63) is 425 Å². The van der Waals surface area contributed by atoms with Gasteiger partial charge in [0.2, 0.25) is 0 Å². The molecule has 2 heterocycles. The Labute approximate surface area is 698 Å². The van der Waals surface area contributed by atoms with Crippen molar-refractivity contribution >= 4 is 127 Å². The highest BCUT2D eigenvalue weighted by Crippen LogP contribution is 2.54. The van der Waals surface area contributed by atoms with Gasteiger partial charge in [0, 0.05) is 73.4 Å². The third-order valence-electron chi connectivity index (χ3n) is 27.4. The van der Waals surface area contributed by atoms with E-state index >= 15 is 0 Å². The third-order valence-corrected chi connectivity index (χ3v) is 27.4. The van der Waals surface area contributed by atoms with Crippen LogP contribution in [0.1, 0.15) is 81.3 Å². The maximum atomic E-state index is 6.26. The van der Waals surface area contributed by atoms with Gasteiger partial charge >= 0.3 is 0 Å². The minimum Gasteiger partial charge on any atom is -0.456 e. The molecule has 0 spiro atoms. The van der Waals surface area contributed by atoms with Crippen molar-refractivity contribution in [3.8, 4) is 44.5 Å². The van der Waals surface area contributed by atoms with E-state index in [1.165, 1.54) is 138 Å². The number of allylic oxidation sites excluding steroid dienone is 18. The lowest BCUT2D eigenvalue weighted by molar-refractivity contribution is 0.443. The van der Waals surface area contributed by atoms with Crippen LogP contribution in [0.15, 0.2) is 412 Å². The first-order valence-corrected chi connectivity index (χ1v) is 43.2. The summed E-state index contributed by atoms with van der Waals surface area (Å²) in [5, 5.41) is 17.3. The van der Waals surface area contributed by atoms with Gasteiger partial charge in [-0.05, 0) is 316 Å². The molecule has 572 valence electrons. The summed E-state index contributed by atoms with van der Waals surface area (Å²) in [5.41, 5.74) is 32.1. The van der Waals surface area contributed by atoms with Crippen molar-refractivity contribution in [3.63, 3.8) is 0 Å². The number of hydrogen-bond acceptors (Lipinski definition) is 4. The highest BCUT2D eigenvalue weighted by Gasteiger charge is 2.39. The molecule has 15 aromatic carbocycles. The molecular weight excluding hydrogens is 1450 g/mol. The molecule has 2 aromatic heterocycles. The normalized spacial score (nSPS) is 18.2. The topological polar surface area (TPSA) is 32.8 Å². The maximum absolute atomic E-state index is 6.26. The van der Waals surface area contributed by atoms with Crippen LogP contribution in [-0.4, -0.2) is 0 Å². The van der Waals surface area contributed by atoms with Crippen LogP contribution in [0.3, 0.4) is 0 Å². The van der Waals surface area contributed by atoms with Gasteiger partial charge in [0.1, 0.15) is 22.3 Å². The molecule has 0 bridgehead atoms. The van der Waals surface area contributed by atoms with Crippen molar-refractivity contribution < 1.29 is 8.83 Å². The predicted molar refractivity (Wildman–Crippen MR) is 504 cm³/mol. The summed E-state index contributed by atoms with van der Waals surface area (Å²) in [6.45, 7) is 0. The molecule has 4 heteroatoms. The fourth-order valence-corrected chi connectivity index (χ4v) is 21.4. The van der Waals surface area contributed by atoms with Gasteiger partial charge in [0.15, 0.2) is 0 Å². The van der Waals surface area contributed by atoms with E-state index in [1.54, 1.807) is 22.3 Å². The van der Waals surface area contributed by atoms with E-state index in [0.29, 0.717) is 23.7 Å².